The van der Waals surface area contributed by atoms with Crippen LogP contribution in [-0.2, 0) is 24.3 Å². The molecule has 0 spiro atoms. The summed E-state index contributed by atoms with van der Waals surface area (Å²) >= 11 is 0. The number of ether oxygens (including phenoxy) is 1. The molecule has 7 heteroatoms. The van der Waals surface area contributed by atoms with Crippen LogP contribution in [0.5, 0.6) is 0 Å². The molecular weight excluding hydrogens is 325 g/mol. The number of hydrogen-bond acceptors (Lipinski definition) is 5. The minimum atomic E-state index is -0.310. The summed E-state index contributed by atoms with van der Waals surface area (Å²) in [4.78, 5) is 17.2. The SMILES string of the molecule is Cc1nc2c(c(=O)n1Cc1cc(-c3ccc(F)cc3)on1)CCOC2. The molecule has 25 heavy (non-hydrogen) atoms. The molecule has 0 amide bonds. The highest BCUT2D eigenvalue weighted by atomic mass is 19.1. The van der Waals surface area contributed by atoms with E-state index < -0.39 is 0 Å². The van der Waals surface area contributed by atoms with Crippen LogP contribution in [0.1, 0.15) is 22.8 Å². The second-order valence-electron chi connectivity index (χ2n) is 5.97. The van der Waals surface area contributed by atoms with E-state index in [0.717, 1.165) is 11.3 Å². The summed E-state index contributed by atoms with van der Waals surface area (Å²) in [5.74, 6) is 0.829. The van der Waals surface area contributed by atoms with Crippen molar-refractivity contribution in [1.82, 2.24) is 14.7 Å². The van der Waals surface area contributed by atoms with Gasteiger partial charge in [-0.3, -0.25) is 9.36 Å². The van der Waals surface area contributed by atoms with Gasteiger partial charge in [0.2, 0.25) is 0 Å². The van der Waals surface area contributed by atoms with E-state index in [1.807, 2.05) is 0 Å². The molecule has 0 saturated carbocycles. The fourth-order valence-electron chi connectivity index (χ4n) is 2.95. The number of aryl methyl sites for hydroxylation is 1. The highest BCUT2D eigenvalue weighted by molar-refractivity contribution is 5.57. The van der Waals surface area contributed by atoms with Gasteiger partial charge in [0.25, 0.3) is 5.56 Å². The first kappa shape index (κ1) is 15.7. The zero-order valence-corrected chi connectivity index (χ0v) is 13.7. The fraction of sp³-hybridized carbons (Fsp3) is 0.278. The van der Waals surface area contributed by atoms with Crippen LogP contribution in [0.3, 0.4) is 0 Å². The molecule has 3 heterocycles. The van der Waals surface area contributed by atoms with Gasteiger partial charge in [0.05, 0.1) is 25.5 Å². The Morgan fingerprint density at radius 3 is 2.88 bits per heavy atom. The smallest absolute Gasteiger partial charge is 0.257 e. The van der Waals surface area contributed by atoms with Gasteiger partial charge < -0.3 is 9.26 Å². The predicted octanol–water partition coefficient (Wildman–Crippen LogP) is 2.47. The number of benzene rings is 1. The van der Waals surface area contributed by atoms with Gasteiger partial charge in [-0.1, -0.05) is 5.16 Å². The van der Waals surface area contributed by atoms with Crippen LogP contribution in [0.2, 0.25) is 0 Å². The standard InChI is InChI=1S/C18H16FN3O3/c1-11-20-16-10-24-7-6-15(16)18(23)22(11)9-14-8-17(25-21-14)12-2-4-13(19)5-3-12/h2-5,8H,6-7,9-10H2,1H3. The van der Waals surface area contributed by atoms with Crippen LogP contribution in [0.15, 0.2) is 39.6 Å². The molecule has 0 fully saturated rings. The number of rotatable bonds is 3. The monoisotopic (exact) mass is 341 g/mol. The normalized spacial score (nSPS) is 13.7. The molecule has 4 rings (SSSR count). The zero-order valence-electron chi connectivity index (χ0n) is 13.7. The summed E-state index contributed by atoms with van der Waals surface area (Å²) in [5, 5.41) is 4.02. The number of aromatic nitrogens is 3. The largest absolute Gasteiger partial charge is 0.375 e. The van der Waals surface area contributed by atoms with Gasteiger partial charge in [0.1, 0.15) is 17.3 Å². The lowest BCUT2D eigenvalue weighted by Crippen LogP contribution is -2.32. The Morgan fingerprint density at radius 1 is 1.28 bits per heavy atom. The quantitative estimate of drug-likeness (QED) is 0.732. The third-order valence-electron chi connectivity index (χ3n) is 4.28. The van der Waals surface area contributed by atoms with Crippen LogP contribution in [0.4, 0.5) is 4.39 Å². The number of nitrogens with zero attached hydrogens (tertiary/aromatic N) is 3. The van der Waals surface area contributed by atoms with E-state index in [2.05, 4.69) is 10.1 Å². The van der Waals surface area contributed by atoms with E-state index in [9.17, 15) is 9.18 Å². The van der Waals surface area contributed by atoms with Crippen LogP contribution < -0.4 is 5.56 Å². The third-order valence-corrected chi connectivity index (χ3v) is 4.28. The van der Waals surface area contributed by atoms with Crippen LogP contribution >= 0.6 is 0 Å². The Kier molecular flexibility index (Phi) is 3.93. The van der Waals surface area contributed by atoms with Gasteiger partial charge >= 0.3 is 0 Å². The molecule has 1 aliphatic rings. The molecule has 6 nitrogen and oxygen atoms in total. The summed E-state index contributed by atoms with van der Waals surface area (Å²) in [6.45, 7) is 2.98. The number of fused-ring (bicyclic) bond motifs is 1. The van der Waals surface area contributed by atoms with Gasteiger partial charge in [0.15, 0.2) is 5.76 Å². The highest BCUT2D eigenvalue weighted by Crippen LogP contribution is 2.21. The molecule has 1 aromatic carbocycles. The lowest BCUT2D eigenvalue weighted by molar-refractivity contribution is 0.106. The molecular formula is C18H16FN3O3. The third kappa shape index (κ3) is 2.98. The van der Waals surface area contributed by atoms with Crippen molar-refractivity contribution in [3.8, 4) is 11.3 Å². The maximum Gasteiger partial charge on any atom is 0.257 e. The van der Waals surface area contributed by atoms with Crippen LogP contribution in [0.25, 0.3) is 11.3 Å². The van der Waals surface area contributed by atoms with Crippen molar-refractivity contribution in [2.45, 2.75) is 26.5 Å². The first-order valence-electron chi connectivity index (χ1n) is 8.00. The molecule has 1 aliphatic heterocycles. The van der Waals surface area contributed by atoms with Gasteiger partial charge in [-0.25, -0.2) is 9.37 Å². The maximum absolute atomic E-state index is 13.0. The highest BCUT2D eigenvalue weighted by Gasteiger charge is 2.19. The second-order valence-corrected chi connectivity index (χ2v) is 5.97. The Balaban J connectivity index is 1.65. The Labute approximate surface area is 142 Å². The molecule has 0 atom stereocenters. The number of halogens is 1. The summed E-state index contributed by atoms with van der Waals surface area (Å²) in [5.41, 5.74) is 2.71. The van der Waals surface area contributed by atoms with Crippen molar-refractivity contribution in [2.24, 2.45) is 0 Å². The van der Waals surface area contributed by atoms with Gasteiger partial charge in [-0.15, -0.1) is 0 Å². The van der Waals surface area contributed by atoms with E-state index in [1.165, 1.54) is 12.1 Å². The van der Waals surface area contributed by atoms with E-state index in [4.69, 9.17) is 9.26 Å². The molecule has 0 N–H and O–H groups in total. The maximum atomic E-state index is 13.0. The van der Waals surface area contributed by atoms with Crippen molar-refractivity contribution >= 4 is 0 Å². The Hall–Kier alpha value is -2.80. The minimum absolute atomic E-state index is 0.0582. The van der Waals surface area contributed by atoms with Crippen molar-refractivity contribution in [3.63, 3.8) is 0 Å². The lowest BCUT2D eigenvalue weighted by atomic mass is 10.1. The number of hydrogen-bond donors (Lipinski definition) is 0. The minimum Gasteiger partial charge on any atom is -0.375 e. The van der Waals surface area contributed by atoms with Crippen molar-refractivity contribution in [2.75, 3.05) is 6.61 Å². The average molecular weight is 341 g/mol. The van der Waals surface area contributed by atoms with E-state index in [1.54, 1.807) is 29.7 Å². The van der Waals surface area contributed by atoms with E-state index in [-0.39, 0.29) is 17.9 Å². The molecule has 0 unspecified atom stereocenters. The summed E-state index contributed by atoms with van der Waals surface area (Å²) in [6.07, 6.45) is 0.571. The molecule has 0 radical (unpaired) electrons. The Bertz CT molecular complexity index is 976. The van der Waals surface area contributed by atoms with E-state index >= 15 is 0 Å². The Morgan fingerprint density at radius 2 is 2.08 bits per heavy atom. The molecule has 2 aromatic heterocycles. The first-order valence-corrected chi connectivity index (χ1v) is 8.00. The van der Waals surface area contributed by atoms with E-state index in [0.29, 0.717) is 42.5 Å². The topological polar surface area (TPSA) is 70.2 Å². The predicted molar refractivity (Wildman–Crippen MR) is 87.6 cm³/mol. The molecule has 0 saturated heterocycles. The van der Waals surface area contributed by atoms with Crippen molar-refractivity contribution in [3.05, 3.63) is 69.3 Å². The van der Waals surface area contributed by atoms with Crippen LogP contribution in [0, 0.1) is 12.7 Å². The van der Waals surface area contributed by atoms with Gasteiger partial charge in [-0.05, 0) is 31.2 Å². The molecule has 128 valence electrons. The van der Waals surface area contributed by atoms with Crippen LogP contribution in [-0.4, -0.2) is 21.3 Å². The van der Waals surface area contributed by atoms with Crippen molar-refractivity contribution < 1.29 is 13.7 Å². The molecule has 3 aromatic rings. The summed E-state index contributed by atoms with van der Waals surface area (Å²) in [6, 6.07) is 7.72. The molecule has 0 bridgehead atoms. The molecule has 0 aliphatic carbocycles. The average Bonchev–Trinajstić information content (AvgIpc) is 3.08. The first-order chi connectivity index (χ1) is 12.1. The second kappa shape index (κ2) is 6.25. The van der Waals surface area contributed by atoms with Crippen molar-refractivity contribution in [1.29, 1.82) is 0 Å². The zero-order chi connectivity index (χ0) is 17.4. The lowest BCUT2D eigenvalue weighted by Gasteiger charge is -2.18. The summed E-state index contributed by atoms with van der Waals surface area (Å²) < 4.78 is 25.3. The van der Waals surface area contributed by atoms with Gasteiger partial charge in [0, 0.05) is 23.6 Å². The fourth-order valence-corrected chi connectivity index (χ4v) is 2.95. The summed E-state index contributed by atoms with van der Waals surface area (Å²) in [7, 11) is 0. The van der Waals surface area contributed by atoms with Gasteiger partial charge in [-0.2, -0.15) is 0 Å².